The Morgan fingerprint density at radius 3 is 2.48 bits per heavy atom. The average Bonchev–Trinajstić information content (AvgIpc) is 2.63. The zero-order valence-corrected chi connectivity index (χ0v) is 15.0. The highest BCUT2D eigenvalue weighted by Gasteiger charge is 2.34. The van der Waals surface area contributed by atoms with Crippen LogP contribution in [0.1, 0.15) is 41.1 Å². The fourth-order valence-electron chi connectivity index (χ4n) is 3.69. The first kappa shape index (κ1) is 19.4. The second-order valence-corrected chi connectivity index (χ2v) is 7.11. The van der Waals surface area contributed by atoms with Gasteiger partial charge in [0.05, 0.1) is 17.5 Å². The molecule has 0 bridgehead atoms. The largest absolute Gasteiger partial charge is 0.481 e. The van der Waals surface area contributed by atoms with Crippen molar-refractivity contribution in [3.63, 3.8) is 0 Å². The Hall–Kier alpha value is -2.34. The first-order valence-electron chi connectivity index (χ1n) is 8.96. The molecule has 2 aromatic carbocycles. The van der Waals surface area contributed by atoms with E-state index in [4.69, 9.17) is 0 Å². The average molecular weight is 377 g/mol. The summed E-state index contributed by atoms with van der Waals surface area (Å²) >= 11 is 0. The number of carboxylic acids is 1. The molecule has 1 N–H and O–H groups in total. The van der Waals surface area contributed by atoms with Crippen molar-refractivity contribution in [3.8, 4) is 0 Å². The molecule has 3 nitrogen and oxygen atoms in total. The van der Waals surface area contributed by atoms with Crippen LogP contribution in [-0.4, -0.2) is 29.1 Å². The molecule has 1 saturated heterocycles. The van der Waals surface area contributed by atoms with Crippen molar-refractivity contribution in [1.29, 1.82) is 0 Å². The van der Waals surface area contributed by atoms with Crippen LogP contribution in [0.25, 0.3) is 0 Å². The fraction of sp³-hybridized carbons (Fsp3) is 0.381. The van der Waals surface area contributed by atoms with E-state index in [-0.39, 0.29) is 0 Å². The standard InChI is InChI=1S/C21H22F3NO2/c1-14-7-9-15(10-8-14)19(25-11-3-5-17(13-25)20(26)27)16-4-2-6-18(12-16)21(22,23)24/h2,4,6-10,12,17,19H,3,5,11,13H2,1H3,(H,26,27). The Morgan fingerprint density at radius 2 is 1.85 bits per heavy atom. The monoisotopic (exact) mass is 377 g/mol. The maximum absolute atomic E-state index is 13.2. The topological polar surface area (TPSA) is 40.5 Å². The van der Waals surface area contributed by atoms with Gasteiger partial charge in [-0.25, -0.2) is 0 Å². The summed E-state index contributed by atoms with van der Waals surface area (Å²) in [5.74, 6) is -1.36. The molecular formula is C21H22F3NO2. The van der Waals surface area contributed by atoms with Crippen LogP contribution in [0, 0.1) is 12.8 Å². The Labute approximate surface area is 156 Å². The van der Waals surface area contributed by atoms with E-state index in [1.165, 1.54) is 12.1 Å². The number of aryl methyl sites for hydroxylation is 1. The molecule has 2 aromatic rings. The molecule has 0 aliphatic carbocycles. The first-order valence-corrected chi connectivity index (χ1v) is 8.96. The highest BCUT2D eigenvalue weighted by molar-refractivity contribution is 5.70. The lowest BCUT2D eigenvalue weighted by Gasteiger charge is -2.37. The van der Waals surface area contributed by atoms with Crippen LogP contribution in [0.4, 0.5) is 13.2 Å². The van der Waals surface area contributed by atoms with Crippen molar-refractivity contribution in [1.82, 2.24) is 4.90 Å². The summed E-state index contributed by atoms with van der Waals surface area (Å²) in [6.45, 7) is 2.92. The summed E-state index contributed by atoms with van der Waals surface area (Å²) in [6.07, 6.45) is -3.12. The van der Waals surface area contributed by atoms with Gasteiger partial charge in [0.25, 0.3) is 0 Å². The molecule has 0 spiro atoms. The van der Waals surface area contributed by atoms with Crippen LogP contribution in [0.2, 0.25) is 0 Å². The van der Waals surface area contributed by atoms with Crippen molar-refractivity contribution >= 4 is 5.97 Å². The predicted octanol–water partition coefficient (Wildman–Crippen LogP) is 4.90. The quantitative estimate of drug-likeness (QED) is 0.824. The molecular weight excluding hydrogens is 355 g/mol. The summed E-state index contributed by atoms with van der Waals surface area (Å²) in [5.41, 5.74) is 1.76. The number of hydrogen-bond acceptors (Lipinski definition) is 2. The number of hydrogen-bond donors (Lipinski definition) is 1. The summed E-state index contributed by atoms with van der Waals surface area (Å²) < 4.78 is 39.6. The number of aliphatic carboxylic acids is 1. The zero-order valence-electron chi connectivity index (χ0n) is 15.0. The molecule has 144 valence electrons. The minimum absolute atomic E-state index is 0.324. The Bertz CT molecular complexity index is 802. The van der Waals surface area contributed by atoms with Crippen LogP contribution in [0.15, 0.2) is 48.5 Å². The highest BCUT2D eigenvalue weighted by Crippen LogP contribution is 2.36. The van der Waals surface area contributed by atoms with Crippen molar-refractivity contribution in [2.75, 3.05) is 13.1 Å². The normalized spacial score (nSPS) is 19.6. The molecule has 1 fully saturated rings. The van der Waals surface area contributed by atoms with Crippen molar-refractivity contribution < 1.29 is 23.1 Å². The molecule has 0 aromatic heterocycles. The van der Waals surface area contributed by atoms with Gasteiger partial charge in [0.2, 0.25) is 0 Å². The van der Waals surface area contributed by atoms with E-state index < -0.39 is 29.7 Å². The van der Waals surface area contributed by atoms with E-state index >= 15 is 0 Å². The molecule has 3 rings (SSSR count). The Balaban J connectivity index is 2.03. The predicted molar refractivity (Wildman–Crippen MR) is 96.4 cm³/mol. The van der Waals surface area contributed by atoms with Gasteiger partial charge >= 0.3 is 12.1 Å². The molecule has 1 aliphatic heterocycles. The first-order chi connectivity index (χ1) is 12.8. The second-order valence-electron chi connectivity index (χ2n) is 7.11. The molecule has 2 unspecified atom stereocenters. The SMILES string of the molecule is Cc1ccc(C(c2cccc(C(F)(F)F)c2)N2CCCC(C(=O)O)C2)cc1. The van der Waals surface area contributed by atoms with Crippen molar-refractivity contribution in [2.45, 2.75) is 32.0 Å². The minimum atomic E-state index is -4.42. The van der Waals surface area contributed by atoms with Gasteiger partial charge in [0, 0.05) is 6.54 Å². The number of carboxylic acid groups (broad SMARTS) is 1. The summed E-state index contributed by atoms with van der Waals surface area (Å²) in [4.78, 5) is 13.4. The third-order valence-corrected chi connectivity index (χ3v) is 5.09. The smallest absolute Gasteiger partial charge is 0.416 e. The third kappa shape index (κ3) is 4.50. The maximum atomic E-state index is 13.2. The van der Waals surface area contributed by atoms with Crippen molar-refractivity contribution in [3.05, 3.63) is 70.8 Å². The molecule has 0 amide bonds. The lowest BCUT2D eigenvalue weighted by molar-refractivity contribution is -0.143. The van der Waals surface area contributed by atoms with Crippen LogP contribution in [0.5, 0.6) is 0 Å². The molecule has 6 heteroatoms. The third-order valence-electron chi connectivity index (χ3n) is 5.09. The number of benzene rings is 2. The summed E-state index contributed by atoms with van der Waals surface area (Å²) in [7, 11) is 0. The highest BCUT2D eigenvalue weighted by atomic mass is 19.4. The lowest BCUT2D eigenvalue weighted by Crippen LogP contribution is -2.41. The Kier molecular flexibility index (Phi) is 5.56. The van der Waals surface area contributed by atoms with Gasteiger partial charge in [0.15, 0.2) is 0 Å². The number of rotatable bonds is 4. The van der Waals surface area contributed by atoms with Crippen LogP contribution in [0.3, 0.4) is 0 Å². The molecule has 0 saturated carbocycles. The lowest BCUT2D eigenvalue weighted by atomic mass is 9.90. The summed E-state index contributed by atoms with van der Waals surface area (Å²) in [5, 5.41) is 9.39. The maximum Gasteiger partial charge on any atom is 0.416 e. The minimum Gasteiger partial charge on any atom is -0.481 e. The van der Waals surface area contributed by atoms with Crippen LogP contribution in [-0.2, 0) is 11.0 Å². The van der Waals surface area contributed by atoms with Gasteiger partial charge in [-0.05, 0) is 49.6 Å². The van der Waals surface area contributed by atoms with Gasteiger partial charge in [-0.2, -0.15) is 13.2 Å². The van der Waals surface area contributed by atoms with Crippen LogP contribution < -0.4 is 0 Å². The second kappa shape index (κ2) is 7.72. The van der Waals surface area contributed by atoms with Gasteiger partial charge in [-0.3, -0.25) is 9.69 Å². The van der Waals surface area contributed by atoms with Gasteiger partial charge in [-0.1, -0.05) is 42.0 Å². The number of nitrogens with zero attached hydrogens (tertiary/aromatic N) is 1. The fourth-order valence-corrected chi connectivity index (χ4v) is 3.69. The van der Waals surface area contributed by atoms with E-state index in [1.807, 2.05) is 36.1 Å². The number of carbonyl (C=O) groups is 1. The van der Waals surface area contributed by atoms with Crippen molar-refractivity contribution in [2.24, 2.45) is 5.92 Å². The Morgan fingerprint density at radius 1 is 1.15 bits per heavy atom. The molecule has 2 atom stereocenters. The summed E-state index contributed by atoms with van der Waals surface area (Å²) in [6, 6.07) is 12.6. The van der Waals surface area contributed by atoms with Gasteiger partial charge in [0.1, 0.15) is 0 Å². The van der Waals surface area contributed by atoms with Gasteiger partial charge in [-0.15, -0.1) is 0 Å². The molecule has 1 heterocycles. The van der Waals surface area contributed by atoms with Gasteiger partial charge < -0.3 is 5.11 Å². The van der Waals surface area contributed by atoms with E-state index in [0.29, 0.717) is 31.5 Å². The zero-order chi connectivity index (χ0) is 19.6. The van der Waals surface area contributed by atoms with E-state index in [1.54, 1.807) is 6.07 Å². The van der Waals surface area contributed by atoms with E-state index in [0.717, 1.165) is 17.2 Å². The molecule has 27 heavy (non-hydrogen) atoms. The molecule has 0 radical (unpaired) electrons. The number of likely N-dealkylation sites (tertiary alicyclic amines) is 1. The number of alkyl halides is 3. The molecule has 1 aliphatic rings. The van der Waals surface area contributed by atoms with Crippen LogP contribution >= 0.6 is 0 Å². The van der Waals surface area contributed by atoms with E-state index in [9.17, 15) is 23.1 Å². The number of halogens is 3. The number of piperidine rings is 1. The van der Waals surface area contributed by atoms with E-state index in [2.05, 4.69) is 0 Å².